The zero-order valence-electron chi connectivity index (χ0n) is 14.5. The SMILES string of the molecule is C1CSC(N2CCOCC2)(N2CCOCC2)C(N2CCOCC2)N1. The van der Waals surface area contributed by atoms with Gasteiger partial charge in [0, 0.05) is 51.6 Å². The monoisotopic (exact) mass is 358 g/mol. The van der Waals surface area contributed by atoms with Crippen LogP contribution in [0.15, 0.2) is 0 Å². The Morgan fingerprint density at radius 2 is 1.25 bits per heavy atom. The van der Waals surface area contributed by atoms with Crippen molar-refractivity contribution in [3.05, 3.63) is 0 Å². The number of ether oxygens (including phenoxy) is 3. The highest BCUT2D eigenvalue weighted by atomic mass is 32.2. The molecule has 138 valence electrons. The molecule has 8 heteroatoms. The maximum absolute atomic E-state index is 5.66. The molecule has 0 bridgehead atoms. The second-order valence-electron chi connectivity index (χ2n) is 6.71. The molecule has 0 aromatic rings. The van der Waals surface area contributed by atoms with Crippen LogP contribution in [-0.4, -0.2) is 117 Å². The van der Waals surface area contributed by atoms with E-state index in [9.17, 15) is 0 Å². The number of hydrogen-bond donors (Lipinski definition) is 1. The summed E-state index contributed by atoms with van der Waals surface area (Å²) in [4.78, 5) is 7.90. The van der Waals surface area contributed by atoms with Crippen molar-refractivity contribution in [3.8, 4) is 0 Å². The summed E-state index contributed by atoms with van der Waals surface area (Å²) in [6, 6.07) is 0. The molecule has 1 N–H and O–H groups in total. The maximum atomic E-state index is 5.66. The quantitative estimate of drug-likeness (QED) is 0.711. The lowest BCUT2D eigenvalue weighted by molar-refractivity contribution is -0.132. The van der Waals surface area contributed by atoms with Crippen molar-refractivity contribution in [2.45, 2.75) is 11.2 Å². The van der Waals surface area contributed by atoms with Crippen LogP contribution in [0.1, 0.15) is 0 Å². The summed E-state index contributed by atoms with van der Waals surface area (Å²) in [5.41, 5.74) is 0. The molecule has 4 aliphatic rings. The van der Waals surface area contributed by atoms with Gasteiger partial charge in [-0.25, -0.2) is 0 Å². The van der Waals surface area contributed by atoms with Crippen LogP contribution < -0.4 is 5.32 Å². The molecule has 0 amide bonds. The van der Waals surface area contributed by atoms with E-state index in [1.807, 2.05) is 0 Å². The molecule has 0 aromatic carbocycles. The fourth-order valence-corrected chi connectivity index (χ4v) is 5.95. The average molecular weight is 359 g/mol. The van der Waals surface area contributed by atoms with Crippen LogP contribution in [0.4, 0.5) is 0 Å². The first-order valence-electron chi connectivity index (χ1n) is 9.26. The summed E-state index contributed by atoms with van der Waals surface area (Å²) in [6.07, 6.45) is 0.330. The summed E-state index contributed by atoms with van der Waals surface area (Å²) in [5.74, 6) is 1.15. The molecular formula is C16H30N4O3S. The largest absolute Gasteiger partial charge is 0.379 e. The van der Waals surface area contributed by atoms with Gasteiger partial charge in [0.1, 0.15) is 6.17 Å². The normalized spacial score (nSPS) is 34.2. The second-order valence-corrected chi connectivity index (χ2v) is 8.01. The Kier molecular flexibility index (Phi) is 5.96. The van der Waals surface area contributed by atoms with Gasteiger partial charge in [-0.15, -0.1) is 11.8 Å². The number of nitrogens with one attached hydrogen (secondary N) is 1. The molecule has 0 radical (unpaired) electrons. The van der Waals surface area contributed by atoms with Crippen molar-refractivity contribution in [2.24, 2.45) is 0 Å². The first kappa shape index (κ1) is 17.5. The van der Waals surface area contributed by atoms with E-state index in [2.05, 4.69) is 31.8 Å². The predicted molar refractivity (Wildman–Crippen MR) is 94.2 cm³/mol. The second kappa shape index (κ2) is 8.18. The van der Waals surface area contributed by atoms with Crippen LogP contribution >= 0.6 is 11.8 Å². The lowest BCUT2D eigenvalue weighted by atomic mass is 10.1. The van der Waals surface area contributed by atoms with E-state index in [1.165, 1.54) is 0 Å². The van der Waals surface area contributed by atoms with Crippen molar-refractivity contribution in [1.82, 2.24) is 20.0 Å². The minimum absolute atomic E-state index is 0.0247. The van der Waals surface area contributed by atoms with Crippen molar-refractivity contribution in [2.75, 3.05) is 91.2 Å². The van der Waals surface area contributed by atoms with Crippen molar-refractivity contribution >= 4 is 11.8 Å². The Balaban J connectivity index is 1.64. The number of rotatable bonds is 3. The lowest BCUT2D eigenvalue weighted by Crippen LogP contribution is -2.77. The number of thioether (sulfide) groups is 1. The van der Waals surface area contributed by atoms with E-state index in [1.54, 1.807) is 0 Å². The van der Waals surface area contributed by atoms with Crippen LogP contribution in [0.3, 0.4) is 0 Å². The topological polar surface area (TPSA) is 49.4 Å². The third-order valence-corrected chi connectivity index (χ3v) is 7.02. The summed E-state index contributed by atoms with van der Waals surface area (Å²) < 4.78 is 16.9. The van der Waals surface area contributed by atoms with Gasteiger partial charge in [0.2, 0.25) is 0 Å². The molecule has 4 saturated heterocycles. The summed E-state index contributed by atoms with van der Waals surface area (Å²) in [7, 11) is 0. The van der Waals surface area contributed by atoms with Gasteiger partial charge in [0.15, 0.2) is 4.99 Å². The molecule has 7 nitrogen and oxygen atoms in total. The first-order chi connectivity index (χ1) is 11.9. The summed E-state index contributed by atoms with van der Waals surface area (Å²) in [6.45, 7) is 12.1. The Labute approximate surface area is 148 Å². The zero-order chi connectivity index (χ0) is 16.2. The minimum atomic E-state index is -0.0247. The van der Waals surface area contributed by atoms with Crippen LogP contribution in [0, 0.1) is 0 Å². The van der Waals surface area contributed by atoms with Gasteiger partial charge in [-0.05, 0) is 0 Å². The van der Waals surface area contributed by atoms with Crippen molar-refractivity contribution in [1.29, 1.82) is 0 Å². The Bertz CT molecular complexity index is 381. The standard InChI is InChI=1S/C16H30N4O3S/c1-14-24-16(19-4-10-22-11-5-19,20-6-12-23-13-7-20)15(17-1)18-2-8-21-9-3-18/h15,17H,1-14H2. The van der Waals surface area contributed by atoms with Gasteiger partial charge in [0.25, 0.3) is 0 Å². The van der Waals surface area contributed by atoms with Gasteiger partial charge in [-0.3, -0.25) is 20.0 Å². The molecule has 1 atom stereocenters. The summed E-state index contributed by atoms with van der Waals surface area (Å²) in [5, 5.41) is 3.86. The van der Waals surface area contributed by atoms with Gasteiger partial charge >= 0.3 is 0 Å². The Morgan fingerprint density at radius 3 is 1.79 bits per heavy atom. The highest BCUT2D eigenvalue weighted by molar-refractivity contribution is 8.00. The molecule has 4 rings (SSSR count). The first-order valence-corrected chi connectivity index (χ1v) is 10.2. The Morgan fingerprint density at radius 1 is 0.750 bits per heavy atom. The van der Waals surface area contributed by atoms with E-state index < -0.39 is 0 Å². The molecular weight excluding hydrogens is 328 g/mol. The molecule has 0 saturated carbocycles. The van der Waals surface area contributed by atoms with E-state index in [0.29, 0.717) is 6.17 Å². The third kappa shape index (κ3) is 3.35. The van der Waals surface area contributed by atoms with Crippen LogP contribution in [0.2, 0.25) is 0 Å². The van der Waals surface area contributed by atoms with E-state index in [-0.39, 0.29) is 4.99 Å². The van der Waals surface area contributed by atoms with Gasteiger partial charge in [-0.2, -0.15) is 0 Å². The van der Waals surface area contributed by atoms with Crippen LogP contribution in [0.25, 0.3) is 0 Å². The van der Waals surface area contributed by atoms with Gasteiger partial charge in [0.05, 0.1) is 39.6 Å². The molecule has 1 unspecified atom stereocenters. The summed E-state index contributed by atoms with van der Waals surface area (Å²) >= 11 is 2.12. The average Bonchev–Trinajstić information content (AvgIpc) is 2.70. The van der Waals surface area contributed by atoms with Crippen LogP contribution in [-0.2, 0) is 14.2 Å². The molecule has 0 aromatic heterocycles. The van der Waals surface area contributed by atoms with Crippen molar-refractivity contribution < 1.29 is 14.2 Å². The fraction of sp³-hybridized carbons (Fsp3) is 1.00. The zero-order valence-corrected chi connectivity index (χ0v) is 15.3. The number of morpholine rings is 3. The molecule has 24 heavy (non-hydrogen) atoms. The smallest absolute Gasteiger partial charge is 0.152 e. The van der Waals surface area contributed by atoms with Crippen molar-refractivity contribution in [3.63, 3.8) is 0 Å². The Hall–Kier alpha value is 0.0700. The molecule has 0 spiro atoms. The molecule has 4 aliphatic heterocycles. The van der Waals surface area contributed by atoms with Gasteiger partial charge < -0.3 is 14.2 Å². The van der Waals surface area contributed by atoms with E-state index >= 15 is 0 Å². The predicted octanol–water partition coefficient (Wildman–Crippen LogP) is -0.701. The highest BCUT2D eigenvalue weighted by Crippen LogP contribution is 2.41. The van der Waals surface area contributed by atoms with Crippen LogP contribution in [0.5, 0.6) is 0 Å². The lowest BCUT2D eigenvalue weighted by Gasteiger charge is -2.60. The maximum Gasteiger partial charge on any atom is 0.152 e. The molecule has 0 aliphatic carbocycles. The highest BCUT2D eigenvalue weighted by Gasteiger charge is 2.53. The minimum Gasteiger partial charge on any atom is -0.379 e. The third-order valence-electron chi connectivity index (χ3n) is 5.45. The van der Waals surface area contributed by atoms with E-state index in [4.69, 9.17) is 14.2 Å². The van der Waals surface area contributed by atoms with Gasteiger partial charge in [-0.1, -0.05) is 0 Å². The molecule has 4 fully saturated rings. The molecule has 4 heterocycles. The van der Waals surface area contributed by atoms with E-state index in [0.717, 1.165) is 91.2 Å². The fourth-order valence-electron chi connectivity index (χ4n) is 4.31. The number of hydrogen-bond acceptors (Lipinski definition) is 8. The number of nitrogens with zero attached hydrogens (tertiary/aromatic N) is 3.